The van der Waals surface area contributed by atoms with E-state index in [9.17, 15) is 8.78 Å². The van der Waals surface area contributed by atoms with Gasteiger partial charge in [-0.2, -0.15) is 0 Å². The summed E-state index contributed by atoms with van der Waals surface area (Å²) in [6.45, 7) is 0.208. The summed E-state index contributed by atoms with van der Waals surface area (Å²) in [6.07, 6.45) is 1.60. The Morgan fingerprint density at radius 1 is 1.28 bits per heavy atom. The molecule has 2 aromatic rings. The smallest absolute Gasteiger partial charge is 0.169 e. The van der Waals surface area contributed by atoms with Gasteiger partial charge in [-0.3, -0.25) is 0 Å². The fraction of sp³-hybridized carbons (Fsp3) is 0.154. The second kappa shape index (κ2) is 5.44. The number of ether oxygens (including phenoxy) is 1. The zero-order chi connectivity index (χ0) is 13.0. The number of anilines is 1. The van der Waals surface area contributed by atoms with E-state index in [0.29, 0.717) is 17.1 Å². The van der Waals surface area contributed by atoms with Crippen molar-refractivity contribution in [3.05, 3.63) is 53.7 Å². The summed E-state index contributed by atoms with van der Waals surface area (Å²) in [6, 6.07) is 6.95. The minimum atomic E-state index is -0.591. The first-order valence-corrected chi connectivity index (χ1v) is 5.37. The molecule has 0 unspecified atom stereocenters. The normalized spacial score (nSPS) is 10.2. The Hall–Kier alpha value is -2.17. The third kappa shape index (κ3) is 2.74. The SMILES string of the molecule is COc1cccnc1NCc1ccc(F)cc1F. The van der Waals surface area contributed by atoms with Crippen molar-refractivity contribution in [2.24, 2.45) is 0 Å². The van der Waals surface area contributed by atoms with E-state index in [1.807, 2.05) is 0 Å². The highest BCUT2D eigenvalue weighted by Gasteiger charge is 2.06. The highest BCUT2D eigenvalue weighted by molar-refractivity contribution is 5.49. The summed E-state index contributed by atoms with van der Waals surface area (Å²) in [5, 5.41) is 2.94. The van der Waals surface area contributed by atoms with E-state index >= 15 is 0 Å². The van der Waals surface area contributed by atoms with Crippen molar-refractivity contribution in [2.75, 3.05) is 12.4 Å². The molecule has 0 radical (unpaired) electrons. The van der Waals surface area contributed by atoms with E-state index in [1.54, 1.807) is 18.3 Å². The van der Waals surface area contributed by atoms with Gasteiger partial charge in [0.25, 0.3) is 0 Å². The number of nitrogens with zero attached hydrogens (tertiary/aromatic N) is 1. The quantitative estimate of drug-likeness (QED) is 0.905. The molecule has 0 bridgehead atoms. The second-order valence-electron chi connectivity index (χ2n) is 3.64. The third-order valence-corrected chi connectivity index (χ3v) is 2.45. The van der Waals surface area contributed by atoms with E-state index in [1.165, 1.54) is 19.2 Å². The zero-order valence-electron chi connectivity index (χ0n) is 9.78. The van der Waals surface area contributed by atoms with Crippen LogP contribution in [0.2, 0.25) is 0 Å². The van der Waals surface area contributed by atoms with Gasteiger partial charge in [0.1, 0.15) is 11.6 Å². The molecular formula is C13H12F2N2O. The van der Waals surface area contributed by atoms with Crippen LogP contribution in [-0.2, 0) is 6.54 Å². The molecule has 0 spiro atoms. The van der Waals surface area contributed by atoms with Crippen molar-refractivity contribution >= 4 is 5.82 Å². The van der Waals surface area contributed by atoms with Gasteiger partial charge in [-0.15, -0.1) is 0 Å². The highest BCUT2D eigenvalue weighted by atomic mass is 19.1. The van der Waals surface area contributed by atoms with Crippen molar-refractivity contribution < 1.29 is 13.5 Å². The summed E-state index contributed by atoms with van der Waals surface area (Å²) < 4.78 is 31.2. The van der Waals surface area contributed by atoms with Gasteiger partial charge < -0.3 is 10.1 Å². The van der Waals surface area contributed by atoms with E-state index in [0.717, 1.165) is 6.07 Å². The topological polar surface area (TPSA) is 34.1 Å². The minimum absolute atomic E-state index is 0.208. The fourth-order valence-corrected chi connectivity index (χ4v) is 1.53. The van der Waals surface area contributed by atoms with Crippen molar-refractivity contribution in [3.8, 4) is 5.75 Å². The molecule has 1 aromatic heterocycles. The summed E-state index contributed by atoms with van der Waals surface area (Å²) in [5.74, 6) is -0.0900. The van der Waals surface area contributed by atoms with Crippen LogP contribution in [0.4, 0.5) is 14.6 Å². The van der Waals surface area contributed by atoms with Crippen LogP contribution in [-0.4, -0.2) is 12.1 Å². The summed E-state index contributed by atoms with van der Waals surface area (Å²) in [4.78, 5) is 4.08. The lowest BCUT2D eigenvalue weighted by Crippen LogP contribution is -2.05. The molecule has 1 aromatic carbocycles. The van der Waals surface area contributed by atoms with Crippen LogP contribution in [0.1, 0.15) is 5.56 Å². The predicted molar refractivity (Wildman–Crippen MR) is 64.5 cm³/mol. The van der Waals surface area contributed by atoms with Gasteiger partial charge in [-0.1, -0.05) is 6.07 Å². The largest absolute Gasteiger partial charge is 0.493 e. The van der Waals surface area contributed by atoms with Crippen LogP contribution in [0.5, 0.6) is 5.75 Å². The maximum atomic E-state index is 13.4. The number of hydrogen-bond donors (Lipinski definition) is 1. The first-order valence-electron chi connectivity index (χ1n) is 5.37. The van der Waals surface area contributed by atoms with Crippen LogP contribution in [0.3, 0.4) is 0 Å². The molecule has 0 aliphatic rings. The van der Waals surface area contributed by atoms with Crippen LogP contribution in [0, 0.1) is 11.6 Å². The summed E-state index contributed by atoms with van der Waals surface area (Å²) in [7, 11) is 1.53. The Kier molecular flexibility index (Phi) is 3.72. The third-order valence-electron chi connectivity index (χ3n) is 2.45. The number of pyridine rings is 1. The molecule has 0 saturated heterocycles. The van der Waals surface area contributed by atoms with E-state index in [2.05, 4.69) is 10.3 Å². The first-order chi connectivity index (χ1) is 8.70. The maximum absolute atomic E-state index is 13.4. The standard InChI is InChI=1S/C13H12F2N2O/c1-18-12-3-2-6-16-13(12)17-8-9-4-5-10(14)7-11(9)15/h2-7H,8H2,1H3,(H,16,17). The van der Waals surface area contributed by atoms with Gasteiger partial charge in [0.15, 0.2) is 11.6 Å². The van der Waals surface area contributed by atoms with Gasteiger partial charge in [0.05, 0.1) is 7.11 Å². The van der Waals surface area contributed by atoms with Crippen molar-refractivity contribution in [1.82, 2.24) is 4.98 Å². The Bertz CT molecular complexity index is 546. The molecule has 94 valence electrons. The lowest BCUT2D eigenvalue weighted by Gasteiger charge is -2.10. The molecule has 5 heteroatoms. The molecule has 0 saturated carbocycles. The number of rotatable bonds is 4. The molecule has 0 fully saturated rings. The Labute approximate surface area is 103 Å². The van der Waals surface area contributed by atoms with Gasteiger partial charge in [-0.25, -0.2) is 13.8 Å². The van der Waals surface area contributed by atoms with Crippen molar-refractivity contribution in [2.45, 2.75) is 6.54 Å². The number of methoxy groups -OCH3 is 1. The van der Waals surface area contributed by atoms with E-state index in [-0.39, 0.29) is 6.54 Å². The molecule has 0 atom stereocenters. The molecular weight excluding hydrogens is 238 g/mol. The molecule has 1 N–H and O–H groups in total. The lowest BCUT2D eigenvalue weighted by atomic mass is 10.2. The average Bonchev–Trinajstić information content (AvgIpc) is 2.38. The summed E-state index contributed by atoms with van der Waals surface area (Å²) >= 11 is 0. The van der Waals surface area contributed by atoms with E-state index < -0.39 is 11.6 Å². The van der Waals surface area contributed by atoms with E-state index in [4.69, 9.17) is 4.74 Å². The predicted octanol–water partition coefficient (Wildman–Crippen LogP) is 2.98. The van der Waals surface area contributed by atoms with Crippen molar-refractivity contribution in [3.63, 3.8) is 0 Å². The maximum Gasteiger partial charge on any atom is 0.169 e. The lowest BCUT2D eigenvalue weighted by molar-refractivity contribution is 0.414. The van der Waals surface area contributed by atoms with Crippen LogP contribution >= 0.6 is 0 Å². The number of benzene rings is 1. The molecule has 0 aliphatic carbocycles. The van der Waals surface area contributed by atoms with Gasteiger partial charge in [0, 0.05) is 24.4 Å². The van der Waals surface area contributed by atoms with Gasteiger partial charge in [0.2, 0.25) is 0 Å². The van der Waals surface area contributed by atoms with Crippen LogP contribution in [0.25, 0.3) is 0 Å². The molecule has 0 amide bonds. The zero-order valence-corrected chi connectivity index (χ0v) is 9.78. The molecule has 1 heterocycles. The van der Waals surface area contributed by atoms with Crippen molar-refractivity contribution in [1.29, 1.82) is 0 Å². The Morgan fingerprint density at radius 2 is 2.11 bits per heavy atom. The summed E-state index contributed by atoms with van der Waals surface area (Å²) in [5.41, 5.74) is 0.365. The second-order valence-corrected chi connectivity index (χ2v) is 3.64. The van der Waals surface area contributed by atoms with Gasteiger partial charge in [-0.05, 0) is 18.2 Å². The monoisotopic (exact) mass is 250 g/mol. The molecule has 2 rings (SSSR count). The molecule has 0 aliphatic heterocycles. The first kappa shape index (κ1) is 12.3. The average molecular weight is 250 g/mol. The Morgan fingerprint density at radius 3 is 2.83 bits per heavy atom. The van der Waals surface area contributed by atoms with Crippen LogP contribution in [0.15, 0.2) is 36.5 Å². The number of halogens is 2. The fourth-order valence-electron chi connectivity index (χ4n) is 1.53. The molecule has 18 heavy (non-hydrogen) atoms. The Balaban J connectivity index is 2.11. The van der Waals surface area contributed by atoms with Gasteiger partial charge >= 0.3 is 0 Å². The number of hydrogen-bond acceptors (Lipinski definition) is 3. The molecule has 3 nitrogen and oxygen atoms in total. The minimum Gasteiger partial charge on any atom is -0.493 e. The van der Waals surface area contributed by atoms with Crippen LogP contribution < -0.4 is 10.1 Å². The number of nitrogens with one attached hydrogen (secondary N) is 1. The number of aromatic nitrogens is 1. The highest BCUT2D eigenvalue weighted by Crippen LogP contribution is 2.21.